The number of alkyl halides is 2. The third-order valence-corrected chi connectivity index (χ3v) is 5.24. The Morgan fingerprint density at radius 3 is 2.83 bits per heavy atom. The van der Waals surface area contributed by atoms with E-state index in [0.29, 0.717) is 26.8 Å². The summed E-state index contributed by atoms with van der Waals surface area (Å²) in [6.07, 6.45) is 4.96. The van der Waals surface area contributed by atoms with Crippen LogP contribution in [0.4, 0.5) is 8.78 Å². The SMILES string of the molecule is Oc1ccc2nc(-c3cnn(CC4CC(F)(F)C4)c3)cnc2c1I. The maximum absolute atomic E-state index is 12.9. The van der Waals surface area contributed by atoms with Crippen LogP contribution in [0.2, 0.25) is 0 Å². The first-order valence-corrected chi connectivity index (χ1v) is 8.54. The van der Waals surface area contributed by atoms with Gasteiger partial charge in [0.1, 0.15) is 11.3 Å². The van der Waals surface area contributed by atoms with E-state index in [1.165, 1.54) is 0 Å². The van der Waals surface area contributed by atoms with Gasteiger partial charge in [-0.3, -0.25) is 9.67 Å². The van der Waals surface area contributed by atoms with Crippen molar-refractivity contribution in [2.24, 2.45) is 5.92 Å². The number of hydrogen-bond donors (Lipinski definition) is 1. The summed E-state index contributed by atoms with van der Waals surface area (Å²) in [6.45, 7) is 0.488. The molecule has 0 amide bonds. The number of rotatable bonds is 3. The Morgan fingerprint density at radius 2 is 2.08 bits per heavy atom. The standard InChI is InChI=1S/C16H13F2IN4O/c17-16(18)3-9(4-16)7-23-8-10(5-21-23)12-6-20-15-11(22-12)1-2-13(24)14(15)19/h1-2,5-6,8-9,24H,3-4,7H2. The normalized spacial score (nSPS) is 17.1. The van der Waals surface area contributed by atoms with Crippen molar-refractivity contribution in [3.63, 3.8) is 0 Å². The minimum Gasteiger partial charge on any atom is -0.507 e. The highest BCUT2D eigenvalue weighted by Crippen LogP contribution is 2.43. The first-order chi connectivity index (χ1) is 11.4. The summed E-state index contributed by atoms with van der Waals surface area (Å²) in [7, 11) is 0. The first kappa shape index (κ1) is 15.7. The maximum Gasteiger partial charge on any atom is 0.248 e. The lowest BCUT2D eigenvalue weighted by Gasteiger charge is -2.34. The summed E-state index contributed by atoms with van der Waals surface area (Å²) < 4.78 is 28.1. The third-order valence-electron chi connectivity index (χ3n) is 4.18. The van der Waals surface area contributed by atoms with Crippen molar-refractivity contribution in [2.45, 2.75) is 25.3 Å². The summed E-state index contributed by atoms with van der Waals surface area (Å²) in [5.74, 6) is -2.36. The van der Waals surface area contributed by atoms with Gasteiger partial charge in [-0.15, -0.1) is 0 Å². The molecule has 2 aromatic heterocycles. The molecular weight excluding hydrogens is 429 g/mol. The molecule has 124 valence electrons. The van der Waals surface area contributed by atoms with Gasteiger partial charge in [-0.25, -0.2) is 13.8 Å². The highest BCUT2D eigenvalue weighted by Gasteiger charge is 2.45. The lowest BCUT2D eigenvalue weighted by atomic mass is 9.81. The number of phenolic OH excluding ortho intramolecular Hbond substituents is 1. The summed E-state index contributed by atoms with van der Waals surface area (Å²) in [5, 5.41) is 14.0. The number of halogens is 3. The van der Waals surface area contributed by atoms with Crippen molar-refractivity contribution >= 4 is 33.6 Å². The van der Waals surface area contributed by atoms with Crippen molar-refractivity contribution in [2.75, 3.05) is 0 Å². The van der Waals surface area contributed by atoms with Gasteiger partial charge < -0.3 is 5.11 Å². The Morgan fingerprint density at radius 1 is 1.29 bits per heavy atom. The minimum absolute atomic E-state index is 0.0278. The van der Waals surface area contributed by atoms with Crippen LogP contribution in [-0.2, 0) is 6.54 Å². The summed E-state index contributed by atoms with van der Waals surface area (Å²) in [4.78, 5) is 8.91. The van der Waals surface area contributed by atoms with Crippen molar-refractivity contribution < 1.29 is 13.9 Å². The van der Waals surface area contributed by atoms with Crippen LogP contribution in [-0.4, -0.2) is 30.8 Å². The number of fused-ring (bicyclic) bond motifs is 1. The molecule has 1 N–H and O–H groups in total. The van der Waals surface area contributed by atoms with Crippen molar-refractivity contribution in [1.82, 2.24) is 19.7 Å². The van der Waals surface area contributed by atoms with Crippen LogP contribution in [0.15, 0.2) is 30.7 Å². The Hall–Kier alpha value is -1.84. The molecule has 0 unspecified atom stereocenters. The molecule has 1 aliphatic carbocycles. The smallest absolute Gasteiger partial charge is 0.248 e. The molecule has 5 nitrogen and oxygen atoms in total. The van der Waals surface area contributed by atoms with Crippen LogP contribution in [0.3, 0.4) is 0 Å². The lowest BCUT2D eigenvalue weighted by molar-refractivity contribution is -0.114. The molecule has 0 radical (unpaired) electrons. The van der Waals surface area contributed by atoms with Gasteiger partial charge in [0.15, 0.2) is 0 Å². The van der Waals surface area contributed by atoms with Crippen LogP contribution < -0.4 is 0 Å². The molecule has 4 rings (SSSR count). The van der Waals surface area contributed by atoms with Gasteiger partial charge in [0.05, 0.1) is 27.2 Å². The highest BCUT2D eigenvalue weighted by molar-refractivity contribution is 14.1. The number of hydrogen-bond acceptors (Lipinski definition) is 4. The van der Waals surface area contributed by atoms with Gasteiger partial charge in [0.2, 0.25) is 5.92 Å². The molecule has 24 heavy (non-hydrogen) atoms. The summed E-state index contributed by atoms with van der Waals surface area (Å²) in [5.41, 5.74) is 2.78. The van der Waals surface area contributed by atoms with E-state index in [2.05, 4.69) is 15.1 Å². The topological polar surface area (TPSA) is 63.8 Å². The van der Waals surface area contributed by atoms with E-state index >= 15 is 0 Å². The molecule has 0 bridgehead atoms. The Labute approximate surface area is 149 Å². The Bertz CT molecular complexity index is 920. The fraction of sp³-hybridized carbons (Fsp3) is 0.312. The van der Waals surface area contributed by atoms with Gasteiger partial charge in [-0.2, -0.15) is 5.10 Å². The molecule has 0 saturated heterocycles. The quantitative estimate of drug-likeness (QED) is 0.627. The molecule has 1 fully saturated rings. The first-order valence-electron chi connectivity index (χ1n) is 7.46. The molecule has 0 spiro atoms. The average Bonchev–Trinajstić information content (AvgIpc) is 2.97. The van der Waals surface area contributed by atoms with E-state index in [1.807, 2.05) is 22.6 Å². The zero-order chi connectivity index (χ0) is 16.9. The van der Waals surface area contributed by atoms with Gasteiger partial charge in [-0.05, 0) is 40.6 Å². The number of nitrogens with zero attached hydrogens (tertiary/aromatic N) is 4. The second-order valence-electron chi connectivity index (χ2n) is 6.10. The number of phenols is 1. The van der Waals surface area contributed by atoms with Gasteiger partial charge >= 0.3 is 0 Å². The zero-order valence-electron chi connectivity index (χ0n) is 12.5. The van der Waals surface area contributed by atoms with E-state index in [0.717, 1.165) is 5.56 Å². The molecule has 1 aliphatic rings. The van der Waals surface area contributed by atoms with Crippen LogP contribution in [0.1, 0.15) is 12.8 Å². The van der Waals surface area contributed by atoms with Crippen molar-refractivity contribution in [3.05, 3.63) is 34.3 Å². The van der Waals surface area contributed by atoms with E-state index < -0.39 is 5.92 Å². The van der Waals surface area contributed by atoms with Gasteiger partial charge in [0.25, 0.3) is 0 Å². The zero-order valence-corrected chi connectivity index (χ0v) is 14.6. The minimum atomic E-state index is -2.51. The second-order valence-corrected chi connectivity index (χ2v) is 7.18. The van der Waals surface area contributed by atoms with Gasteiger partial charge in [-0.1, -0.05) is 0 Å². The molecule has 8 heteroatoms. The fourth-order valence-corrected chi connectivity index (χ4v) is 3.55. The van der Waals surface area contributed by atoms with E-state index in [4.69, 9.17) is 0 Å². The molecular formula is C16H13F2IN4O. The van der Waals surface area contributed by atoms with Crippen LogP contribution in [0.25, 0.3) is 22.3 Å². The second kappa shape index (κ2) is 5.61. The Balaban J connectivity index is 1.58. The molecule has 0 aliphatic heterocycles. The molecule has 1 aromatic carbocycles. The lowest BCUT2D eigenvalue weighted by Crippen LogP contribution is -2.37. The van der Waals surface area contributed by atoms with Crippen molar-refractivity contribution in [3.8, 4) is 17.0 Å². The predicted octanol–water partition coefficient (Wildman–Crippen LogP) is 3.85. The fourth-order valence-electron chi connectivity index (χ4n) is 2.95. The highest BCUT2D eigenvalue weighted by atomic mass is 127. The number of aromatic hydroxyl groups is 1. The summed E-state index contributed by atoms with van der Waals surface area (Å²) in [6, 6.07) is 3.30. The maximum atomic E-state index is 12.9. The molecule has 0 atom stereocenters. The number of benzene rings is 1. The Kier molecular flexibility index (Phi) is 3.66. The van der Waals surface area contributed by atoms with Crippen LogP contribution in [0.5, 0.6) is 5.75 Å². The van der Waals surface area contributed by atoms with Crippen molar-refractivity contribution in [1.29, 1.82) is 0 Å². The summed E-state index contributed by atoms with van der Waals surface area (Å²) >= 11 is 2.03. The monoisotopic (exact) mass is 442 g/mol. The van der Waals surface area contributed by atoms with E-state index in [-0.39, 0.29) is 24.5 Å². The average molecular weight is 442 g/mol. The van der Waals surface area contributed by atoms with E-state index in [9.17, 15) is 13.9 Å². The van der Waals surface area contributed by atoms with E-state index in [1.54, 1.807) is 35.4 Å². The predicted molar refractivity (Wildman–Crippen MR) is 92.8 cm³/mol. The number of aromatic nitrogens is 4. The molecule has 2 heterocycles. The van der Waals surface area contributed by atoms with Gasteiger partial charge in [0, 0.05) is 31.1 Å². The third kappa shape index (κ3) is 2.83. The van der Waals surface area contributed by atoms with Crippen LogP contribution in [0, 0.1) is 9.49 Å². The van der Waals surface area contributed by atoms with Crippen LogP contribution >= 0.6 is 22.6 Å². The molecule has 1 saturated carbocycles. The molecule has 3 aromatic rings. The largest absolute Gasteiger partial charge is 0.507 e.